The van der Waals surface area contributed by atoms with Gasteiger partial charge in [0.05, 0.1) is 0 Å². The minimum Gasteiger partial charge on any atom is -0.341 e. The van der Waals surface area contributed by atoms with Crippen LogP contribution >= 0.6 is 11.3 Å². The number of aryl methyl sites for hydroxylation is 1. The van der Waals surface area contributed by atoms with Crippen LogP contribution in [0, 0.1) is 12.7 Å². The Hall–Kier alpha value is -1.77. The Morgan fingerprint density at radius 1 is 1.20 bits per heavy atom. The Morgan fingerprint density at radius 2 is 1.92 bits per heavy atom. The van der Waals surface area contributed by atoms with Gasteiger partial charge in [-0.1, -0.05) is 18.2 Å². The smallest absolute Gasteiger partial charge is 0.250 e. The lowest BCUT2D eigenvalue weighted by molar-refractivity contribution is -0.128. The van der Waals surface area contributed by atoms with E-state index in [1.807, 2.05) is 6.92 Å². The molecule has 8 heteroatoms. The molecule has 0 bridgehead atoms. The second-order valence-corrected chi connectivity index (χ2v) is 8.89. The zero-order valence-electron chi connectivity index (χ0n) is 14.2. The van der Waals surface area contributed by atoms with Crippen molar-refractivity contribution in [3.63, 3.8) is 0 Å². The fraction of sp³-hybridized carbons (Fsp3) is 0.353. The van der Waals surface area contributed by atoms with Crippen molar-refractivity contribution in [3.05, 3.63) is 52.7 Å². The highest BCUT2D eigenvalue weighted by Crippen LogP contribution is 2.20. The summed E-state index contributed by atoms with van der Waals surface area (Å²) in [5.41, 5.74) is 0.531. The van der Waals surface area contributed by atoms with E-state index in [9.17, 15) is 17.6 Å². The van der Waals surface area contributed by atoms with Gasteiger partial charge in [-0.15, -0.1) is 11.3 Å². The van der Waals surface area contributed by atoms with E-state index in [-0.39, 0.29) is 29.0 Å². The highest BCUT2D eigenvalue weighted by atomic mass is 32.2. The first-order valence-electron chi connectivity index (χ1n) is 7.84. The van der Waals surface area contributed by atoms with Crippen LogP contribution < -0.4 is 4.72 Å². The molecular weight excluding hydrogens is 363 g/mol. The summed E-state index contributed by atoms with van der Waals surface area (Å²) in [6.07, 6.45) is 0.378. The fourth-order valence-electron chi connectivity index (χ4n) is 2.33. The molecule has 0 aliphatic carbocycles. The first-order chi connectivity index (χ1) is 11.8. The van der Waals surface area contributed by atoms with Gasteiger partial charge >= 0.3 is 0 Å². The Morgan fingerprint density at radius 3 is 2.52 bits per heavy atom. The van der Waals surface area contributed by atoms with Crippen molar-refractivity contribution in [2.24, 2.45) is 0 Å². The topological polar surface area (TPSA) is 66.5 Å². The van der Waals surface area contributed by atoms with Crippen LogP contribution in [0.3, 0.4) is 0 Å². The van der Waals surface area contributed by atoms with Gasteiger partial charge in [-0.2, -0.15) is 0 Å². The number of halogens is 1. The van der Waals surface area contributed by atoms with Crippen LogP contribution in [0.1, 0.15) is 17.4 Å². The molecule has 25 heavy (non-hydrogen) atoms. The standard InChI is InChI=1S/C17H21FN2O3S2/c1-13-7-8-17(24-13)25(22,23)19-10-12-20(14(2)21)11-9-15-5-3-4-6-16(15)18/h3-8,19H,9-12H2,1-2H3. The molecule has 1 N–H and O–H groups in total. The number of sulfonamides is 1. The lowest BCUT2D eigenvalue weighted by atomic mass is 10.1. The van der Waals surface area contributed by atoms with E-state index >= 15 is 0 Å². The monoisotopic (exact) mass is 384 g/mol. The third-order valence-corrected chi connectivity index (χ3v) is 6.66. The highest BCUT2D eigenvalue weighted by Gasteiger charge is 2.17. The van der Waals surface area contributed by atoms with Crippen LogP contribution in [0.25, 0.3) is 0 Å². The summed E-state index contributed by atoms with van der Waals surface area (Å²) in [5, 5.41) is 0. The van der Waals surface area contributed by atoms with E-state index < -0.39 is 10.0 Å². The molecule has 0 atom stereocenters. The van der Waals surface area contributed by atoms with Crippen LogP contribution in [-0.2, 0) is 21.2 Å². The average molecular weight is 384 g/mol. The molecule has 2 aromatic rings. The van der Waals surface area contributed by atoms with Gasteiger partial charge in [0.25, 0.3) is 0 Å². The summed E-state index contributed by atoms with van der Waals surface area (Å²) in [5.74, 6) is -0.484. The van der Waals surface area contributed by atoms with E-state index in [4.69, 9.17) is 0 Å². The van der Waals surface area contributed by atoms with Gasteiger partial charge in [0.15, 0.2) is 0 Å². The number of nitrogens with zero attached hydrogens (tertiary/aromatic N) is 1. The molecule has 0 spiro atoms. The molecule has 0 radical (unpaired) electrons. The van der Waals surface area contributed by atoms with Gasteiger partial charge in [-0.3, -0.25) is 4.79 Å². The fourth-order valence-corrected chi connectivity index (χ4v) is 4.67. The maximum absolute atomic E-state index is 13.6. The number of carbonyl (C=O) groups excluding carboxylic acids is 1. The normalized spacial score (nSPS) is 11.5. The zero-order valence-corrected chi connectivity index (χ0v) is 15.8. The minimum atomic E-state index is -3.56. The van der Waals surface area contributed by atoms with Gasteiger partial charge < -0.3 is 4.90 Å². The maximum Gasteiger partial charge on any atom is 0.250 e. The summed E-state index contributed by atoms with van der Waals surface area (Å²) in [6, 6.07) is 9.72. The van der Waals surface area contributed by atoms with Gasteiger partial charge in [0.1, 0.15) is 10.0 Å². The largest absolute Gasteiger partial charge is 0.341 e. The molecular formula is C17H21FN2O3S2. The van der Waals surface area contributed by atoms with Gasteiger partial charge in [-0.05, 0) is 37.1 Å². The molecule has 0 aliphatic rings. The minimum absolute atomic E-state index is 0.107. The third kappa shape index (κ3) is 5.62. The van der Waals surface area contributed by atoms with Crippen LogP contribution in [0.5, 0.6) is 0 Å². The van der Waals surface area contributed by atoms with Crippen LogP contribution in [0.2, 0.25) is 0 Å². The number of rotatable bonds is 8. The Kier molecular flexibility index (Phi) is 6.69. The second-order valence-electron chi connectivity index (χ2n) is 5.61. The number of hydrogen-bond donors (Lipinski definition) is 1. The summed E-state index contributed by atoms with van der Waals surface area (Å²) in [4.78, 5) is 14.2. The number of benzene rings is 1. The summed E-state index contributed by atoms with van der Waals surface area (Å²) in [7, 11) is -3.56. The van der Waals surface area contributed by atoms with Gasteiger partial charge in [-0.25, -0.2) is 17.5 Å². The third-order valence-electron chi connectivity index (χ3n) is 3.71. The molecule has 0 saturated carbocycles. The molecule has 0 saturated heterocycles. The lowest BCUT2D eigenvalue weighted by Gasteiger charge is -2.21. The predicted molar refractivity (Wildman–Crippen MR) is 96.6 cm³/mol. The van der Waals surface area contributed by atoms with E-state index in [1.165, 1.54) is 29.2 Å². The number of amides is 1. The summed E-state index contributed by atoms with van der Waals surface area (Å²) < 4.78 is 40.7. The van der Waals surface area contributed by atoms with Crippen molar-refractivity contribution < 1.29 is 17.6 Å². The molecule has 0 aliphatic heterocycles. The SMILES string of the molecule is CC(=O)N(CCNS(=O)(=O)c1ccc(C)s1)CCc1ccccc1F. The van der Waals surface area contributed by atoms with Crippen LogP contribution in [0.4, 0.5) is 4.39 Å². The van der Waals surface area contributed by atoms with E-state index in [1.54, 1.807) is 30.3 Å². The zero-order chi connectivity index (χ0) is 18.4. The molecule has 2 rings (SSSR count). The molecule has 1 amide bonds. The molecule has 0 fully saturated rings. The quantitative estimate of drug-likeness (QED) is 0.761. The Bertz CT molecular complexity index is 834. The van der Waals surface area contributed by atoms with Gasteiger partial charge in [0, 0.05) is 31.4 Å². The first-order valence-corrected chi connectivity index (χ1v) is 10.1. The van der Waals surface area contributed by atoms with E-state index in [0.717, 1.165) is 4.88 Å². The highest BCUT2D eigenvalue weighted by molar-refractivity contribution is 7.91. The molecule has 136 valence electrons. The van der Waals surface area contributed by atoms with E-state index in [2.05, 4.69) is 4.72 Å². The first kappa shape index (κ1) is 19.6. The number of carbonyl (C=O) groups is 1. The Balaban J connectivity index is 1.89. The van der Waals surface area contributed by atoms with Gasteiger partial charge in [0.2, 0.25) is 15.9 Å². The van der Waals surface area contributed by atoms with Crippen molar-refractivity contribution in [2.75, 3.05) is 19.6 Å². The summed E-state index contributed by atoms with van der Waals surface area (Å²) in [6.45, 7) is 3.92. The molecule has 1 aromatic carbocycles. The van der Waals surface area contributed by atoms with Crippen molar-refractivity contribution in [1.82, 2.24) is 9.62 Å². The maximum atomic E-state index is 13.6. The molecule has 1 aromatic heterocycles. The van der Waals surface area contributed by atoms with Crippen LogP contribution in [0.15, 0.2) is 40.6 Å². The molecule has 1 heterocycles. The number of nitrogens with one attached hydrogen (secondary N) is 1. The predicted octanol–water partition coefficient (Wildman–Crippen LogP) is 2.57. The lowest BCUT2D eigenvalue weighted by Crippen LogP contribution is -2.38. The van der Waals surface area contributed by atoms with Crippen molar-refractivity contribution in [3.8, 4) is 0 Å². The number of thiophene rings is 1. The molecule has 5 nitrogen and oxygen atoms in total. The Labute approximate surface area is 151 Å². The summed E-state index contributed by atoms with van der Waals surface area (Å²) >= 11 is 1.20. The van der Waals surface area contributed by atoms with Crippen LogP contribution in [-0.4, -0.2) is 38.9 Å². The van der Waals surface area contributed by atoms with Crippen molar-refractivity contribution >= 4 is 27.3 Å². The van der Waals surface area contributed by atoms with E-state index in [0.29, 0.717) is 18.5 Å². The van der Waals surface area contributed by atoms with Crippen molar-refractivity contribution in [1.29, 1.82) is 0 Å². The number of hydrogen-bond acceptors (Lipinski definition) is 4. The van der Waals surface area contributed by atoms with Crippen molar-refractivity contribution in [2.45, 2.75) is 24.5 Å². The second kappa shape index (κ2) is 8.55. The average Bonchev–Trinajstić information content (AvgIpc) is 2.99. The molecule has 0 unspecified atom stereocenters.